The van der Waals surface area contributed by atoms with Crippen LogP contribution in [0.5, 0.6) is 0 Å². The lowest BCUT2D eigenvalue weighted by Gasteiger charge is -2.24. The first kappa shape index (κ1) is 20.4. The minimum absolute atomic E-state index is 0.131. The summed E-state index contributed by atoms with van der Waals surface area (Å²) >= 11 is 0. The molecule has 0 spiro atoms. The molecule has 0 saturated heterocycles. The van der Waals surface area contributed by atoms with Crippen LogP contribution >= 0.6 is 0 Å². The Morgan fingerprint density at radius 1 is 1.10 bits per heavy atom. The fourth-order valence-corrected chi connectivity index (χ4v) is 2.18. The maximum Gasteiger partial charge on any atom is 0.323 e. The molecule has 0 radical (unpaired) electrons. The van der Waals surface area contributed by atoms with E-state index in [0.29, 0.717) is 6.54 Å². The lowest BCUT2D eigenvalue weighted by molar-refractivity contribution is -0.157. The van der Waals surface area contributed by atoms with Gasteiger partial charge in [-0.3, -0.25) is 4.79 Å². The molecular formula is C17H36N2O2. The van der Waals surface area contributed by atoms with Crippen LogP contribution in [-0.4, -0.2) is 30.7 Å². The standard InChI is InChI=1S/C17H36N2O2/c1-5-6-7-8-9-10-12-15(19-14-11-13-18)16(20)21-17(2,3)4/h15,19H,5-14,18H2,1-4H3. The Morgan fingerprint density at radius 3 is 2.29 bits per heavy atom. The third-order valence-corrected chi connectivity index (χ3v) is 3.31. The van der Waals surface area contributed by atoms with Crippen molar-refractivity contribution in [2.24, 2.45) is 5.73 Å². The Balaban J connectivity index is 4.10. The first-order valence-corrected chi connectivity index (χ1v) is 8.57. The summed E-state index contributed by atoms with van der Waals surface area (Å²) < 4.78 is 5.49. The van der Waals surface area contributed by atoms with Gasteiger partial charge in [-0.15, -0.1) is 0 Å². The molecule has 1 atom stereocenters. The molecule has 0 rings (SSSR count). The second-order valence-corrected chi connectivity index (χ2v) is 6.74. The van der Waals surface area contributed by atoms with Crippen molar-refractivity contribution in [2.75, 3.05) is 13.1 Å². The Labute approximate surface area is 131 Å². The Hall–Kier alpha value is -0.610. The van der Waals surface area contributed by atoms with E-state index in [-0.39, 0.29) is 12.0 Å². The zero-order valence-corrected chi connectivity index (χ0v) is 14.5. The van der Waals surface area contributed by atoms with Gasteiger partial charge in [-0.05, 0) is 46.7 Å². The maximum atomic E-state index is 12.2. The number of nitrogens with one attached hydrogen (secondary N) is 1. The van der Waals surface area contributed by atoms with Crippen LogP contribution in [0.2, 0.25) is 0 Å². The van der Waals surface area contributed by atoms with E-state index in [4.69, 9.17) is 10.5 Å². The fourth-order valence-electron chi connectivity index (χ4n) is 2.18. The molecule has 3 N–H and O–H groups in total. The Bertz CT molecular complexity index is 262. The van der Waals surface area contributed by atoms with Crippen LogP contribution in [0.3, 0.4) is 0 Å². The summed E-state index contributed by atoms with van der Waals surface area (Å²) in [5, 5.41) is 3.29. The molecule has 0 aromatic carbocycles. The number of esters is 1. The van der Waals surface area contributed by atoms with Crippen molar-refractivity contribution in [3.8, 4) is 0 Å². The molecule has 0 aliphatic rings. The molecule has 126 valence electrons. The summed E-state index contributed by atoms with van der Waals surface area (Å²) in [6.07, 6.45) is 9.14. The first-order valence-electron chi connectivity index (χ1n) is 8.57. The average molecular weight is 300 g/mol. The van der Waals surface area contributed by atoms with Gasteiger partial charge in [0.05, 0.1) is 0 Å². The van der Waals surface area contributed by atoms with Crippen LogP contribution < -0.4 is 11.1 Å². The van der Waals surface area contributed by atoms with E-state index < -0.39 is 5.60 Å². The molecule has 4 nitrogen and oxygen atoms in total. The van der Waals surface area contributed by atoms with E-state index in [1.807, 2.05) is 20.8 Å². The quantitative estimate of drug-likeness (QED) is 0.428. The molecule has 0 aliphatic carbocycles. The predicted molar refractivity (Wildman–Crippen MR) is 89.3 cm³/mol. The topological polar surface area (TPSA) is 64.3 Å². The lowest BCUT2D eigenvalue weighted by Crippen LogP contribution is -2.42. The molecule has 4 heteroatoms. The monoisotopic (exact) mass is 300 g/mol. The van der Waals surface area contributed by atoms with Crippen molar-refractivity contribution in [2.45, 2.75) is 90.7 Å². The summed E-state index contributed by atoms with van der Waals surface area (Å²) in [4.78, 5) is 12.2. The van der Waals surface area contributed by atoms with E-state index in [1.54, 1.807) is 0 Å². The smallest absolute Gasteiger partial charge is 0.323 e. The van der Waals surface area contributed by atoms with Crippen LogP contribution in [0.1, 0.15) is 79.1 Å². The van der Waals surface area contributed by atoms with Gasteiger partial charge < -0.3 is 15.8 Å². The number of nitrogens with two attached hydrogens (primary N) is 1. The summed E-state index contributed by atoms with van der Waals surface area (Å²) in [6, 6.07) is -0.193. The number of carbonyl (C=O) groups excluding carboxylic acids is 1. The van der Waals surface area contributed by atoms with E-state index in [1.165, 1.54) is 32.1 Å². The average Bonchev–Trinajstić information content (AvgIpc) is 2.38. The van der Waals surface area contributed by atoms with E-state index >= 15 is 0 Å². The molecule has 0 aromatic rings. The number of rotatable bonds is 12. The van der Waals surface area contributed by atoms with Gasteiger partial charge in [0, 0.05) is 0 Å². The zero-order valence-electron chi connectivity index (χ0n) is 14.5. The first-order chi connectivity index (χ1) is 9.90. The predicted octanol–water partition coefficient (Wildman–Crippen LogP) is 3.39. The molecule has 0 aliphatic heterocycles. The number of unbranched alkanes of at least 4 members (excludes halogenated alkanes) is 5. The van der Waals surface area contributed by atoms with E-state index in [9.17, 15) is 4.79 Å². The highest BCUT2D eigenvalue weighted by atomic mass is 16.6. The zero-order chi connectivity index (χ0) is 16.1. The SMILES string of the molecule is CCCCCCCCC(NCCCN)C(=O)OC(C)(C)C. The summed E-state index contributed by atoms with van der Waals surface area (Å²) in [5.41, 5.74) is 5.08. The van der Waals surface area contributed by atoms with E-state index in [2.05, 4.69) is 12.2 Å². The molecule has 1 unspecified atom stereocenters. The van der Waals surface area contributed by atoms with Crippen LogP contribution in [0.4, 0.5) is 0 Å². The lowest BCUT2D eigenvalue weighted by atomic mass is 10.1. The highest BCUT2D eigenvalue weighted by Crippen LogP contribution is 2.13. The van der Waals surface area contributed by atoms with Crippen molar-refractivity contribution in [3.05, 3.63) is 0 Å². The number of hydrogen-bond acceptors (Lipinski definition) is 4. The third kappa shape index (κ3) is 12.8. The van der Waals surface area contributed by atoms with Crippen LogP contribution in [0.25, 0.3) is 0 Å². The molecule has 0 bridgehead atoms. The number of ether oxygens (including phenoxy) is 1. The molecule has 0 heterocycles. The maximum absolute atomic E-state index is 12.2. The van der Waals surface area contributed by atoms with Gasteiger partial charge >= 0.3 is 5.97 Å². The Kier molecular flexibility index (Phi) is 11.6. The molecule has 0 amide bonds. The van der Waals surface area contributed by atoms with Gasteiger partial charge in [-0.2, -0.15) is 0 Å². The molecule has 0 aromatic heterocycles. The Morgan fingerprint density at radius 2 is 1.71 bits per heavy atom. The highest BCUT2D eigenvalue weighted by Gasteiger charge is 2.24. The minimum atomic E-state index is -0.425. The van der Waals surface area contributed by atoms with Crippen molar-refractivity contribution in [1.29, 1.82) is 0 Å². The van der Waals surface area contributed by atoms with Crippen LogP contribution in [0.15, 0.2) is 0 Å². The number of hydrogen-bond donors (Lipinski definition) is 2. The van der Waals surface area contributed by atoms with Crippen molar-refractivity contribution < 1.29 is 9.53 Å². The van der Waals surface area contributed by atoms with Crippen molar-refractivity contribution in [3.63, 3.8) is 0 Å². The summed E-state index contributed by atoms with van der Waals surface area (Å²) in [5.74, 6) is -0.131. The summed E-state index contributed by atoms with van der Waals surface area (Å²) in [7, 11) is 0. The van der Waals surface area contributed by atoms with Crippen molar-refractivity contribution >= 4 is 5.97 Å². The van der Waals surface area contributed by atoms with Gasteiger partial charge in [0.15, 0.2) is 0 Å². The minimum Gasteiger partial charge on any atom is -0.459 e. The van der Waals surface area contributed by atoms with Crippen LogP contribution in [-0.2, 0) is 9.53 Å². The second kappa shape index (κ2) is 12.0. The van der Waals surface area contributed by atoms with Gasteiger partial charge in [0.1, 0.15) is 11.6 Å². The van der Waals surface area contributed by atoms with Crippen LogP contribution in [0, 0.1) is 0 Å². The van der Waals surface area contributed by atoms with Gasteiger partial charge in [0.25, 0.3) is 0 Å². The third-order valence-electron chi connectivity index (χ3n) is 3.31. The van der Waals surface area contributed by atoms with Gasteiger partial charge in [-0.25, -0.2) is 0 Å². The van der Waals surface area contributed by atoms with Gasteiger partial charge in [0.2, 0.25) is 0 Å². The molecule has 0 saturated carbocycles. The van der Waals surface area contributed by atoms with Gasteiger partial charge in [-0.1, -0.05) is 45.4 Å². The second-order valence-electron chi connectivity index (χ2n) is 6.74. The normalized spacial score (nSPS) is 13.2. The molecular weight excluding hydrogens is 264 g/mol. The molecule has 0 fully saturated rings. The highest BCUT2D eigenvalue weighted by molar-refractivity contribution is 5.76. The fraction of sp³-hybridized carbons (Fsp3) is 0.941. The largest absolute Gasteiger partial charge is 0.459 e. The van der Waals surface area contributed by atoms with E-state index in [0.717, 1.165) is 25.8 Å². The summed E-state index contributed by atoms with van der Waals surface area (Å²) in [6.45, 7) is 9.37. The molecule has 21 heavy (non-hydrogen) atoms. The van der Waals surface area contributed by atoms with Crippen molar-refractivity contribution in [1.82, 2.24) is 5.32 Å². The number of carbonyl (C=O) groups is 1.